The summed E-state index contributed by atoms with van der Waals surface area (Å²) in [5.41, 5.74) is 0.470. The maximum Gasteiger partial charge on any atom is 0.345 e. The summed E-state index contributed by atoms with van der Waals surface area (Å²) in [7, 11) is 1.23. The van der Waals surface area contributed by atoms with Crippen molar-refractivity contribution < 1.29 is 18.7 Å². The Bertz CT molecular complexity index is 617. The molecule has 1 aromatic heterocycles. The van der Waals surface area contributed by atoms with Crippen LogP contribution >= 0.6 is 0 Å². The minimum Gasteiger partial charge on any atom is -0.465 e. The standard InChI is InChI=1S/C13H11FN2O3/c1-8-4-3-5-10(11(8)14)19-12-9(13(17)18-2)6-15-7-16-12/h3-7H,1-2H3. The minimum absolute atomic E-state index is 0.0103. The molecule has 0 bridgehead atoms. The number of nitrogens with zero attached hydrogens (tertiary/aromatic N) is 2. The number of aryl methyl sites for hydroxylation is 1. The Hall–Kier alpha value is -2.50. The number of ether oxygens (including phenoxy) is 2. The van der Waals surface area contributed by atoms with E-state index in [0.717, 1.165) is 0 Å². The summed E-state index contributed by atoms with van der Waals surface area (Å²) in [5.74, 6) is -1.21. The zero-order valence-electron chi connectivity index (χ0n) is 10.4. The summed E-state index contributed by atoms with van der Waals surface area (Å²) in [5, 5.41) is 0. The van der Waals surface area contributed by atoms with Crippen molar-refractivity contribution in [2.24, 2.45) is 0 Å². The molecule has 0 amide bonds. The van der Waals surface area contributed by atoms with E-state index in [1.165, 1.54) is 25.7 Å². The molecule has 0 radical (unpaired) electrons. The quantitative estimate of drug-likeness (QED) is 0.795. The number of benzene rings is 1. The zero-order chi connectivity index (χ0) is 13.8. The molecule has 1 aromatic carbocycles. The van der Waals surface area contributed by atoms with Crippen molar-refractivity contribution in [3.05, 3.63) is 47.7 Å². The first kappa shape index (κ1) is 12.9. The Labute approximate surface area is 109 Å². The van der Waals surface area contributed by atoms with E-state index >= 15 is 0 Å². The Morgan fingerprint density at radius 3 is 2.89 bits per heavy atom. The van der Waals surface area contributed by atoms with E-state index < -0.39 is 11.8 Å². The first-order valence-electron chi connectivity index (χ1n) is 5.44. The molecule has 98 valence electrons. The maximum absolute atomic E-state index is 13.8. The van der Waals surface area contributed by atoms with Crippen LogP contribution in [0.2, 0.25) is 0 Å². The first-order chi connectivity index (χ1) is 9.13. The fraction of sp³-hybridized carbons (Fsp3) is 0.154. The minimum atomic E-state index is -0.649. The molecule has 0 atom stereocenters. The molecule has 0 saturated carbocycles. The molecule has 0 fully saturated rings. The van der Waals surface area contributed by atoms with Crippen LogP contribution in [0.25, 0.3) is 0 Å². The van der Waals surface area contributed by atoms with Gasteiger partial charge in [-0.15, -0.1) is 0 Å². The number of halogens is 1. The molecule has 0 spiro atoms. The highest BCUT2D eigenvalue weighted by atomic mass is 19.1. The van der Waals surface area contributed by atoms with Gasteiger partial charge in [0.05, 0.1) is 7.11 Å². The number of methoxy groups -OCH3 is 1. The highest BCUT2D eigenvalue weighted by Gasteiger charge is 2.17. The van der Waals surface area contributed by atoms with Crippen LogP contribution in [0.15, 0.2) is 30.7 Å². The van der Waals surface area contributed by atoms with Gasteiger partial charge in [0.1, 0.15) is 11.9 Å². The van der Waals surface area contributed by atoms with Gasteiger partial charge >= 0.3 is 5.97 Å². The van der Waals surface area contributed by atoms with E-state index in [-0.39, 0.29) is 17.2 Å². The van der Waals surface area contributed by atoms with Crippen LogP contribution in [0, 0.1) is 12.7 Å². The van der Waals surface area contributed by atoms with Crippen molar-refractivity contribution in [3.63, 3.8) is 0 Å². The highest BCUT2D eigenvalue weighted by Crippen LogP contribution is 2.26. The molecule has 0 N–H and O–H groups in total. The second kappa shape index (κ2) is 5.43. The molecule has 5 nitrogen and oxygen atoms in total. The van der Waals surface area contributed by atoms with Gasteiger partial charge in [-0.3, -0.25) is 0 Å². The lowest BCUT2D eigenvalue weighted by atomic mass is 10.2. The van der Waals surface area contributed by atoms with Gasteiger partial charge in [-0.1, -0.05) is 12.1 Å². The summed E-state index contributed by atoms with van der Waals surface area (Å²) in [6, 6.07) is 4.71. The molecule has 2 rings (SSSR count). The van der Waals surface area contributed by atoms with Crippen molar-refractivity contribution in [3.8, 4) is 11.6 Å². The smallest absolute Gasteiger partial charge is 0.345 e. The molecule has 19 heavy (non-hydrogen) atoms. The van der Waals surface area contributed by atoms with Crippen LogP contribution in [0.5, 0.6) is 11.6 Å². The van der Waals surface area contributed by atoms with E-state index in [9.17, 15) is 9.18 Å². The van der Waals surface area contributed by atoms with Crippen molar-refractivity contribution in [2.75, 3.05) is 7.11 Å². The SMILES string of the molecule is COC(=O)c1cncnc1Oc1cccc(C)c1F. The number of esters is 1. The Kier molecular flexibility index (Phi) is 3.70. The molecule has 6 heteroatoms. The van der Waals surface area contributed by atoms with Crippen LogP contribution in [-0.2, 0) is 4.74 Å². The number of hydrogen-bond donors (Lipinski definition) is 0. The molecule has 0 saturated heterocycles. The first-order valence-corrected chi connectivity index (χ1v) is 5.44. The van der Waals surface area contributed by atoms with Gasteiger partial charge < -0.3 is 9.47 Å². The van der Waals surface area contributed by atoms with Crippen LogP contribution < -0.4 is 4.74 Å². The van der Waals surface area contributed by atoms with Gasteiger partial charge in [-0.25, -0.2) is 19.2 Å². The second-order valence-corrected chi connectivity index (χ2v) is 3.72. The van der Waals surface area contributed by atoms with E-state index in [2.05, 4.69) is 14.7 Å². The number of carbonyl (C=O) groups excluding carboxylic acids is 1. The van der Waals surface area contributed by atoms with Gasteiger partial charge in [0, 0.05) is 6.20 Å². The largest absolute Gasteiger partial charge is 0.465 e. The molecule has 0 aliphatic heterocycles. The van der Waals surface area contributed by atoms with Gasteiger partial charge in [0.15, 0.2) is 11.6 Å². The van der Waals surface area contributed by atoms with Crippen LogP contribution in [-0.4, -0.2) is 23.0 Å². The third-order valence-corrected chi connectivity index (χ3v) is 2.44. The summed E-state index contributed by atoms with van der Waals surface area (Å²) < 4.78 is 23.7. The zero-order valence-corrected chi connectivity index (χ0v) is 10.4. The predicted molar refractivity (Wildman–Crippen MR) is 64.6 cm³/mol. The van der Waals surface area contributed by atoms with E-state index in [1.54, 1.807) is 19.1 Å². The second-order valence-electron chi connectivity index (χ2n) is 3.72. The number of rotatable bonds is 3. The van der Waals surface area contributed by atoms with Gasteiger partial charge in [0.2, 0.25) is 5.88 Å². The average Bonchev–Trinajstić information content (AvgIpc) is 2.43. The van der Waals surface area contributed by atoms with E-state index in [1.807, 2.05) is 0 Å². The number of hydrogen-bond acceptors (Lipinski definition) is 5. The van der Waals surface area contributed by atoms with Gasteiger partial charge in [0.25, 0.3) is 0 Å². The van der Waals surface area contributed by atoms with Crippen LogP contribution in [0.1, 0.15) is 15.9 Å². The molecule has 2 aromatic rings. The molecule has 0 unspecified atom stereocenters. The van der Waals surface area contributed by atoms with Crippen molar-refractivity contribution in [1.82, 2.24) is 9.97 Å². The summed E-state index contributed by atoms with van der Waals surface area (Å²) in [6.45, 7) is 1.61. The fourth-order valence-corrected chi connectivity index (χ4v) is 1.45. The van der Waals surface area contributed by atoms with Crippen molar-refractivity contribution in [1.29, 1.82) is 0 Å². The maximum atomic E-state index is 13.8. The van der Waals surface area contributed by atoms with E-state index in [4.69, 9.17) is 4.74 Å². The summed E-state index contributed by atoms with van der Waals surface area (Å²) >= 11 is 0. The van der Waals surface area contributed by atoms with Crippen LogP contribution in [0.3, 0.4) is 0 Å². The van der Waals surface area contributed by atoms with E-state index in [0.29, 0.717) is 5.56 Å². The highest BCUT2D eigenvalue weighted by molar-refractivity contribution is 5.91. The Balaban J connectivity index is 2.39. The molecule has 0 aliphatic rings. The van der Waals surface area contributed by atoms with Crippen LogP contribution in [0.4, 0.5) is 4.39 Å². The fourth-order valence-electron chi connectivity index (χ4n) is 1.45. The van der Waals surface area contributed by atoms with Gasteiger partial charge in [-0.05, 0) is 18.6 Å². The number of carbonyl (C=O) groups is 1. The molecule has 1 heterocycles. The molecular formula is C13H11FN2O3. The number of aromatic nitrogens is 2. The topological polar surface area (TPSA) is 61.3 Å². The lowest BCUT2D eigenvalue weighted by Gasteiger charge is -2.09. The van der Waals surface area contributed by atoms with Crippen molar-refractivity contribution in [2.45, 2.75) is 6.92 Å². The monoisotopic (exact) mass is 262 g/mol. The lowest BCUT2D eigenvalue weighted by molar-refractivity contribution is 0.0596. The predicted octanol–water partition coefficient (Wildman–Crippen LogP) is 2.50. The Morgan fingerprint density at radius 1 is 1.37 bits per heavy atom. The van der Waals surface area contributed by atoms with Crippen molar-refractivity contribution >= 4 is 5.97 Å². The normalized spacial score (nSPS) is 10.1. The third-order valence-electron chi connectivity index (χ3n) is 2.44. The third kappa shape index (κ3) is 2.67. The molecule has 0 aliphatic carbocycles. The Morgan fingerprint density at radius 2 is 2.16 bits per heavy atom. The molecular weight excluding hydrogens is 251 g/mol. The summed E-state index contributed by atoms with van der Waals surface area (Å²) in [4.78, 5) is 19.0. The summed E-state index contributed by atoms with van der Waals surface area (Å²) in [6.07, 6.45) is 2.46. The van der Waals surface area contributed by atoms with Gasteiger partial charge in [-0.2, -0.15) is 0 Å². The average molecular weight is 262 g/mol. The lowest BCUT2D eigenvalue weighted by Crippen LogP contribution is -2.06.